The van der Waals surface area contributed by atoms with Crippen LogP contribution < -0.4 is 15.4 Å². The molecule has 5 N–H and O–H groups in total. The van der Waals surface area contributed by atoms with E-state index in [9.17, 15) is 23.1 Å². The van der Waals surface area contributed by atoms with E-state index in [4.69, 9.17) is 9.84 Å². The number of halogens is 3. The first-order valence-electron chi connectivity index (χ1n) is 10.7. The quantitative estimate of drug-likeness (QED) is 0.189. The first-order chi connectivity index (χ1) is 16.7. The summed E-state index contributed by atoms with van der Waals surface area (Å²) in [5, 5.41) is 25.7. The molecule has 0 aliphatic rings. The first-order valence-corrected chi connectivity index (χ1v) is 10.7. The van der Waals surface area contributed by atoms with Crippen molar-refractivity contribution in [2.24, 2.45) is 4.99 Å². The molecule has 0 amide bonds. The molecule has 1 aromatic carbocycles. The zero-order valence-electron chi connectivity index (χ0n) is 18.8. The normalized spacial score (nSPS) is 11.9. The lowest BCUT2D eigenvalue weighted by Gasteiger charge is -2.11. The van der Waals surface area contributed by atoms with Gasteiger partial charge in [0.25, 0.3) is 0 Å². The summed E-state index contributed by atoms with van der Waals surface area (Å²) in [6.07, 6.45) is -1.33. The number of anilines is 1. The molecule has 188 valence electrons. The molecular weight excluding hydrogens is 469 g/mol. The van der Waals surface area contributed by atoms with Gasteiger partial charge in [-0.1, -0.05) is 0 Å². The number of ether oxygens (including phenoxy) is 1. The number of aromatic amines is 1. The Labute approximate surface area is 198 Å². The number of carboxylic acids is 1. The second kappa shape index (κ2) is 11.5. The fourth-order valence-corrected chi connectivity index (χ4v) is 3.22. The molecule has 2 heterocycles. The highest BCUT2D eigenvalue weighted by Crippen LogP contribution is 2.36. The molecule has 0 atom stereocenters. The smallest absolute Gasteiger partial charge is 0.416 e. The van der Waals surface area contributed by atoms with E-state index in [1.807, 2.05) is 7.05 Å². The maximum absolute atomic E-state index is 13.4. The lowest BCUT2D eigenvalue weighted by molar-refractivity contribution is -0.138. The van der Waals surface area contributed by atoms with Gasteiger partial charge in [0.15, 0.2) is 5.88 Å². The van der Waals surface area contributed by atoms with Crippen molar-refractivity contribution < 1.29 is 32.9 Å². The number of rotatable bonds is 12. The van der Waals surface area contributed by atoms with Gasteiger partial charge in [-0.05, 0) is 38.6 Å². The van der Waals surface area contributed by atoms with E-state index in [1.54, 1.807) is 0 Å². The van der Waals surface area contributed by atoms with E-state index in [-0.39, 0.29) is 42.3 Å². The average Bonchev–Trinajstić information content (AvgIpc) is 3.13. The highest BCUT2D eigenvalue weighted by molar-refractivity contribution is 6.06. The van der Waals surface area contributed by atoms with Crippen molar-refractivity contribution >= 4 is 34.7 Å². The number of H-pyrrole nitrogens is 1. The highest BCUT2D eigenvalue weighted by atomic mass is 19.4. The molecule has 0 radical (unpaired) electrons. The number of aliphatic imine (C=N–C) groups is 1. The minimum absolute atomic E-state index is 0.0674. The topological polar surface area (TPSA) is 145 Å². The molecule has 10 nitrogen and oxygen atoms in total. The Morgan fingerprint density at radius 1 is 1.23 bits per heavy atom. The third kappa shape index (κ3) is 7.06. The van der Waals surface area contributed by atoms with Crippen LogP contribution in [-0.4, -0.2) is 64.1 Å². The SMILES string of the molecule is CNCCCNc1ncnc2[nH]c(O)c(C=Nc3cc(OCCCC(=O)O)cc(C(F)(F)F)c3)c12. The van der Waals surface area contributed by atoms with Gasteiger partial charge in [0.1, 0.15) is 23.5 Å². The van der Waals surface area contributed by atoms with Crippen LogP contribution in [0.25, 0.3) is 11.0 Å². The monoisotopic (exact) mass is 494 g/mol. The van der Waals surface area contributed by atoms with Crippen LogP contribution in [0.5, 0.6) is 11.6 Å². The first kappa shape index (κ1) is 25.7. The number of hydrogen-bond acceptors (Lipinski definition) is 8. The van der Waals surface area contributed by atoms with Gasteiger partial charge in [-0.25, -0.2) is 9.97 Å². The molecule has 0 unspecified atom stereocenters. The van der Waals surface area contributed by atoms with Crippen molar-refractivity contribution in [2.45, 2.75) is 25.4 Å². The summed E-state index contributed by atoms with van der Waals surface area (Å²) in [7, 11) is 1.84. The fraction of sp³-hybridized carbons (Fsp3) is 0.364. The van der Waals surface area contributed by atoms with Crippen LogP contribution in [0.15, 0.2) is 29.5 Å². The number of aliphatic carboxylic acids is 1. The summed E-state index contributed by atoms with van der Waals surface area (Å²) in [5.74, 6) is -0.952. The van der Waals surface area contributed by atoms with Crippen LogP contribution in [-0.2, 0) is 11.0 Å². The third-order valence-electron chi connectivity index (χ3n) is 4.87. The number of fused-ring (bicyclic) bond motifs is 1. The largest absolute Gasteiger partial charge is 0.494 e. The molecule has 2 aromatic heterocycles. The number of nitrogens with one attached hydrogen (secondary N) is 3. The molecule has 3 rings (SSSR count). The number of aromatic nitrogens is 3. The maximum Gasteiger partial charge on any atom is 0.416 e. The number of benzene rings is 1. The van der Waals surface area contributed by atoms with Gasteiger partial charge in [0.05, 0.1) is 28.8 Å². The van der Waals surface area contributed by atoms with Gasteiger partial charge in [-0.15, -0.1) is 0 Å². The van der Waals surface area contributed by atoms with E-state index in [1.165, 1.54) is 18.6 Å². The molecule has 35 heavy (non-hydrogen) atoms. The van der Waals surface area contributed by atoms with E-state index in [0.717, 1.165) is 25.1 Å². The number of hydrogen-bond donors (Lipinski definition) is 5. The van der Waals surface area contributed by atoms with Crippen molar-refractivity contribution in [2.75, 3.05) is 32.1 Å². The summed E-state index contributed by atoms with van der Waals surface area (Å²) in [5.41, 5.74) is -0.499. The van der Waals surface area contributed by atoms with E-state index < -0.39 is 17.7 Å². The predicted molar refractivity (Wildman–Crippen MR) is 124 cm³/mol. The van der Waals surface area contributed by atoms with E-state index in [0.29, 0.717) is 23.4 Å². The summed E-state index contributed by atoms with van der Waals surface area (Å²) < 4.78 is 45.5. The van der Waals surface area contributed by atoms with Crippen molar-refractivity contribution in [3.05, 3.63) is 35.7 Å². The second-order valence-corrected chi connectivity index (χ2v) is 7.53. The molecule has 0 saturated carbocycles. The number of carbonyl (C=O) groups is 1. The highest BCUT2D eigenvalue weighted by Gasteiger charge is 2.31. The Morgan fingerprint density at radius 2 is 2.03 bits per heavy atom. The standard InChI is InChI=1S/C22H25F3N6O4/c1-26-5-3-6-27-19-18-16(21(34)31-20(18)30-12-29-19)11-28-14-8-13(22(23,24)25)9-15(10-14)35-7-2-4-17(32)33/h8-12,26,34H,2-7H2,1H3,(H,32,33)(H2,27,29,30,31). The zero-order valence-corrected chi connectivity index (χ0v) is 18.8. The summed E-state index contributed by atoms with van der Waals surface area (Å²) in [6.45, 7) is 1.30. The zero-order chi connectivity index (χ0) is 25.4. The Kier molecular flexibility index (Phi) is 8.47. The molecule has 3 aromatic rings. The van der Waals surface area contributed by atoms with Crippen LogP contribution in [0.3, 0.4) is 0 Å². The van der Waals surface area contributed by atoms with Crippen LogP contribution >= 0.6 is 0 Å². The molecular formula is C22H25F3N6O4. The van der Waals surface area contributed by atoms with Crippen LogP contribution in [0.4, 0.5) is 24.7 Å². The third-order valence-corrected chi connectivity index (χ3v) is 4.87. The average molecular weight is 494 g/mol. The molecule has 13 heteroatoms. The maximum atomic E-state index is 13.4. The molecule has 0 bridgehead atoms. The van der Waals surface area contributed by atoms with Crippen molar-refractivity contribution in [1.29, 1.82) is 0 Å². The van der Waals surface area contributed by atoms with Gasteiger partial charge in [0.2, 0.25) is 0 Å². The predicted octanol–water partition coefficient (Wildman–Crippen LogP) is 3.70. The van der Waals surface area contributed by atoms with Gasteiger partial charge in [0, 0.05) is 25.2 Å². The van der Waals surface area contributed by atoms with Crippen LogP contribution in [0.2, 0.25) is 0 Å². The Bertz CT molecular complexity index is 1200. The number of alkyl halides is 3. The minimum Gasteiger partial charge on any atom is -0.494 e. The van der Waals surface area contributed by atoms with E-state index in [2.05, 4.69) is 30.6 Å². The molecule has 0 aliphatic carbocycles. The van der Waals surface area contributed by atoms with Crippen molar-refractivity contribution in [3.8, 4) is 11.6 Å². The number of carboxylic acid groups (broad SMARTS) is 1. The van der Waals surface area contributed by atoms with Crippen LogP contribution in [0, 0.1) is 0 Å². The minimum atomic E-state index is -4.65. The van der Waals surface area contributed by atoms with Crippen LogP contribution in [0.1, 0.15) is 30.4 Å². The Morgan fingerprint density at radius 3 is 2.74 bits per heavy atom. The van der Waals surface area contributed by atoms with Gasteiger partial charge in [-0.2, -0.15) is 13.2 Å². The fourth-order valence-electron chi connectivity index (χ4n) is 3.22. The molecule has 0 fully saturated rings. The van der Waals surface area contributed by atoms with Gasteiger partial charge < -0.3 is 30.6 Å². The molecule has 0 spiro atoms. The lowest BCUT2D eigenvalue weighted by atomic mass is 10.1. The van der Waals surface area contributed by atoms with E-state index >= 15 is 0 Å². The molecule has 0 saturated heterocycles. The Hall–Kier alpha value is -3.87. The Balaban J connectivity index is 1.90. The van der Waals surface area contributed by atoms with Gasteiger partial charge in [-0.3, -0.25) is 9.79 Å². The van der Waals surface area contributed by atoms with Crippen molar-refractivity contribution in [3.63, 3.8) is 0 Å². The summed E-state index contributed by atoms with van der Waals surface area (Å²) in [6, 6.07) is 2.97. The molecule has 0 aliphatic heterocycles. The lowest BCUT2D eigenvalue weighted by Crippen LogP contribution is -2.13. The summed E-state index contributed by atoms with van der Waals surface area (Å²) >= 11 is 0. The van der Waals surface area contributed by atoms with Crippen molar-refractivity contribution in [1.82, 2.24) is 20.3 Å². The number of nitrogens with zero attached hydrogens (tertiary/aromatic N) is 3. The second-order valence-electron chi connectivity index (χ2n) is 7.53. The van der Waals surface area contributed by atoms with Gasteiger partial charge >= 0.3 is 12.1 Å². The summed E-state index contributed by atoms with van der Waals surface area (Å²) in [4.78, 5) is 25.7. The number of aromatic hydroxyl groups is 1.